The van der Waals surface area contributed by atoms with Gasteiger partial charge in [0.15, 0.2) is 0 Å². The van der Waals surface area contributed by atoms with Gasteiger partial charge in [0.2, 0.25) is 0 Å². The second-order valence-corrected chi connectivity index (χ2v) is 3.48. The van der Waals surface area contributed by atoms with Crippen LogP contribution in [-0.4, -0.2) is 12.3 Å². The molecule has 0 aliphatic rings. The molecule has 1 unspecified atom stereocenters. The average Bonchev–Trinajstić information content (AvgIpc) is 2.18. The molecule has 76 valence electrons. The molecule has 0 amide bonds. The summed E-state index contributed by atoms with van der Waals surface area (Å²) in [6.45, 7) is 6.54. The first-order chi connectivity index (χ1) is 6.65. The lowest BCUT2D eigenvalue weighted by atomic mass is 9.97. The Balaban J connectivity index is 2.77. The van der Waals surface area contributed by atoms with Crippen molar-refractivity contribution in [2.75, 3.05) is 11.9 Å². The third-order valence-electron chi connectivity index (χ3n) is 2.40. The van der Waals surface area contributed by atoms with Crippen LogP contribution in [0.3, 0.4) is 0 Å². The van der Waals surface area contributed by atoms with Crippen molar-refractivity contribution in [1.29, 1.82) is 0 Å². The monoisotopic (exact) mass is 191 g/mol. The summed E-state index contributed by atoms with van der Waals surface area (Å²) in [6.07, 6.45) is 0. The summed E-state index contributed by atoms with van der Waals surface area (Å²) in [4.78, 5) is 11.1. The highest BCUT2D eigenvalue weighted by atomic mass is 16.1. The molecule has 0 bridgehead atoms. The molecule has 0 aliphatic heterocycles. The maximum Gasteiger partial charge on any atom is 0.136 e. The van der Waals surface area contributed by atoms with E-state index in [2.05, 4.69) is 12.2 Å². The number of rotatable bonds is 4. The van der Waals surface area contributed by atoms with Gasteiger partial charge in [-0.3, -0.25) is 4.79 Å². The van der Waals surface area contributed by atoms with Crippen LogP contribution < -0.4 is 5.32 Å². The first kappa shape index (κ1) is 10.8. The Morgan fingerprint density at radius 3 is 2.36 bits per heavy atom. The quantitative estimate of drug-likeness (QED) is 0.792. The summed E-state index contributed by atoms with van der Waals surface area (Å²) in [6, 6.07) is 8.03. The standard InChI is InChI=1S/C12H17NO/c1-4-13-12-7-5-11(6-8-12)9(2)10(3)14/h5-9,13H,4H2,1-3H3. The molecule has 0 spiro atoms. The number of nitrogens with one attached hydrogen (secondary N) is 1. The maximum absolute atomic E-state index is 11.1. The average molecular weight is 191 g/mol. The van der Waals surface area contributed by atoms with Gasteiger partial charge in [-0.15, -0.1) is 0 Å². The minimum atomic E-state index is 0.00526. The van der Waals surface area contributed by atoms with Gasteiger partial charge in [0.25, 0.3) is 0 Å². The number of hydrogen-bond donors (Lipinski definition) is 1. The zero-order valence-corrected chi connectivity index (χ0v) is 9.00. The largest absolute Gasteiger partial charge is 0.385 e. The van der Waals surface area contributed by atoms with E-state index in [4.69, 9.17) is 0 Å². The zero-order valence-electron chi connectivity index (χ0n) is 9.00. The molecular formula is C12H17NO. The predicted octanol–water partition coefficient (Wildman–Crippen LogP) is 2.81. The lowest BCUT2D eigenvalue weighted by molar-refractivity contribution is -0.118. The lowest BCUT2D eigenvalue weighted by Crippen LogP contribution is -2.04. The van der Waals surface area contributed by atoms with Gasteiger partial charge in [-0.25, -0.2) is 0 Å². The van der Waals surface area contributed by atoms with Gasteiger partial charge in [0.1, 0.15) is 5.78 Å². The van der Waals surface area contributed by atoms with E-state index in [0.29, 0.717) is 0 Å². The van der Waals surface area contributed by atoms with Crippen LogP contribution in [0.5, 0.6) is 0 Å². The van der Waals surface area contributed by atoms with Crippen molar-refractivity contribution in [3.8, 4) is 0 Å². The van der Waals surface area contributed by atoms with Gasteiger partial charge >= 0.3 is 0 Å². The lowest BCUT2D eigenvalue weighted by Gasteiger charge is -2.09. The van der Waals surface area contributed by atoms with Gasteiger partial charge < -0.3 is 5.32 Å². The van der Waals surface area contributed by atoms with E-state index in [1.165, 1.54) is 0 Å². The van der Waals surface area contributed by atoms with Crippen LogP contribution >= 0.6 is 0 Å². The summed E-state index contributed by atoms with van der Waals surface area (Å²) in [5, 5.41) is 3.22. The van der Waals surface area contributed by atoms with E-state index in [-0.39, 0.29) is 11.7 Å². The van der Waals surface area contributed by atoms with Crippen LogP contribution in [0.1, 0.15) is 32.3 Å². The smallest absolute Gasteiger partial charge is 0.136 e. The molecule has 1 rings (SSSR count). The number of benzene rings is 1. The number of carbonyl (C=O) groups excluding carboxylic acids is 1. The Kier molecular flexibility index (Phi) is 3.69. The maximum atomic E-state index is 11.1. The highest BCUT2D eigenvalue weighted by Gasteiger charge is 2.09. The third kappa shape index (κ3) is 2.59. The van der Waals surface area contributed by atoms with Crippen molar-refractivity contribution in [3.05, 3.63) is 29.8 Å². The highest BCUT2D eigenvalue weighted by Crippen LogP contribution is 2.18. The van der Waals surface area contributed by atoms with Crippen LogP contribution in [0.2, 0.25) is 0 Å². The molecule has 0 heterocycles. The molecule has 0 fully saturated rings. The first-order valence-corrected chi connectivity index (χ1v) is 4.99. The molecule has 0 saturated carbocycles. The molecule has 1 atom stereocenters. The van der Waals surface area contributed by atoms with Gasteiger partial charge in [0.05, 0.1) is 0 Å². The minimum Gasteiger partial charge on any atom is -0.385 e. The number of Topliss-reactive ketones (excluding diaryl/α,β-unsaturated/α-hetero) is 1. The van der Waals surface area contributed by atoms with Crippen molar-refractivity contribution in [3.63, 3.8) is 0 Å². The topological polar surface area (TPSA) is 29.1 Å². The molecule has 0 aliphatic carbocycles. The minimum absolute atomic E-state index is 0.00526. The Morgan fingerprint density at radius 1 is 1.36 bits per heavy atom. The number of ketones is 1. The van der Waals surface area contributed by atoms with E-state index >= 15 is 0 Å². The predicted molar refractivity (Wildman–Crippen MR) is 59.7 cm³/mol. The summed E-state index contributed by atoms with van der Waals surface area (Å²) in [5.41, 5.74) is 2.19. The highest BCUT2D eigenvalue weighted by molar-refractivity contribution is 5.83. The van der Waals surface area contributed by atoms with Crippen molar-refractivity contribution >= 4 is 11.5 Å². The Morgan fingerprint density at radius 2 is 1.93 bits per heavy atom. The van der Waals surface area contributed by atoms with Crippen molar-refractivity contribution in [2.45, 2.75) is 26.7 Å². The number of carbonyl (C=O) groups is 1. The molecule has 1 aromatic rings. The SMILES string of the molecule is CCNc1ccc(C(C)C(C)=O)cc1. The Bertz CT molecular complexity index is 303. The number of anilines is 1. The van der Waals surface area contributed by atoms with E-state index in [9.17, 15) is 4.79 Å². The summed E-state index contributed by atoms with van der Waals surface area (Å²) < 4.78 is 0. The van der Waals surface area contributed by atoms with E-state index in [1.807, 2.05) is 31.2 Å². The fourth-order valence-electron chi connectivity index (χ4n) is 1.33. The Hall–Kier alpha value is -1.31. The summed E-state index contributed by atoms with van der Waals surface area (Å²) in [5.74, 6) is 0.215. The van der Waals surface area contributed by atoms with Gasteiger partial charge in [-0.1, -0.05) is 19.1 Å². The summed E-state index contributed by atoms with van der Waals surface area (Å²) >= 11 is 0. The van der Waals surface area contributed by atoms with Crippen LogP contribution in [-0.2, 0) is 4.79 Å². The molecule has 2 nitrogen and oxygen atoms in total. The molecule has 14 heavy (non-hydrogen) atoms. The number of hydrogen-bond acceptors (Lipinski definition) is 2. The first-order valence-electron chi connectivity index (χ1n) is 4.99. The van der Waals surface area contributed by atoms with Crippen LogP contribution in [0.25, 0.3) is 0 Å². The molecule has 0 saturated heterocycles. The van der Waals surface area contributed by atoms with Gasteiger partial charge in [0, 0.05) is 18.2 Å². The van der Waals surface area contributed by atoms with Crippen LogP contribution in [0.4, 0.5) is 5.69 Å². The van der Waals surface area contributed by atoms with Gasteiger partial charge in [-0.2, -0.15) is 0 Å². The molecule has 2 heteroatoms. The molecular weight excluding hydrogens is 174 g/mol. The molecule has 1 aromatic carbocycles. The van der Waals surface area contributed by atoms with E-state index in [1.54, 1.807) is 6.92 Å². The summed E-state index contributed by atoms with van der Waals surface area (Å²) in [7, 11) is 0. The fourth-order valence-corrected chi connectivity index (χ4v) is 1.33. The van der Waals surface area contributed by atoms with Crippen LogP contribution in [0, 0.1) is 0 Å². The molecule has 0 radical (unpaired) electrons. The van der Waals surface area contributed by atoms with Crippen LogP contribution in [0.15, 0.2) is 24.3 Å². The normalized spacial score (nSPS) is 12.2. The third-order valence-corrected chi connectivity index (χ3v) is 2.40. The zero-order chi connectivity index (χ0) is 10.6. The van der Waals surface area contributed by atoms with Crippen molar-refractivity contribution in [2.24, 2.45) is 0 Å². The Labute approximate surface area is 85.3 Å². The molecule has 1 N–H and O–H groups in total. The van der Waals surface area contributed by atoms with E-state index in [0.717, 1.165) is 17.8 Å². The van der Waals surface area contributed by atoms with Crippen molar-refractivity contribution < 1.29 is 4.79 Å². The van der Waals surface area contributed by atoms with Crippen molar-refractivity contribution in [1.82, 2.24) is 0 Å². The second kappa shape index (κ2) is 4.80. The molecule has 0 aromatic heterocycles. The van der Waals surface area contributed by atoms with E-state index < -0.39 is 0 Å². The van der Waals surface area contributed by atoms with Gasteiger partial charge in [-0.05, 0) is 31.5 Å². The second-order valence-electron chi connectivity index (χ2n) is 3.48. The fraction of sp³-hybridized carbons (Fsp3) is 0.417.